The number of aliphatic imine (C=N–C) groups is 1. The van der Waals surface area contributed by atoms with E-state index in [9.17, 15) is 39.3 Å². The number of nitrogens with one attached hydrogen (secondary N) is 1. The zero-order valence-corrected chi connectivity index (χ0v) is 30.2. The maximum Gasteiger partial charge on any atom is 1.00 e. The monoisotopic (exact) mass is 697 g/mol. The summed E-state index contributed by atoms with van der Waals surface area (Å²) in [7, 11) is 0. The topological polar surface area (TPSA) is 280 Å². The van der Waals surface area contributed by atoms with Crippen molar-refractivity contribution in [3.63, 3.8) is 0 Å². The third-order valence-electron chi connectivity index (χ3n) is 7.50. The first-order valence-electron chi connectivity index (χ1n) is 14.2. The van der Waals surface area contributed by atoms with Gasteiger partial charge in [-0.2, -0.15) is 11.8 Å². The number of amides is 2. The molecule has 0 aromatic heterocycles. The van der Waals surface area contributed by atoms with Gasteiger partial charge in [0, 0.05) is 28.7 Å². The smallest absolute Gasteiger partial charge is 0.548 e. The minimum atomic E-state index is -1.26. The molecule has 2 aliphatic heterocycles. The fraction of sp³-hybridized carbons (Fsp3) is 0.643. The van der Waals surface area contributed by atoms with Gasteiger partial charge in [0.2, 0.25) is 11.8 Å². The molecule has 2 heterocycles. The number of hydrogen-bond acceptors (Lipinski definition) is 11. The molecule has 2 amide bonds. The Morgan fingerprint density at radius 2 is 1.85 bits per heavy atom. The number of carbonyl (C=O) groups excluding carboxylic acids is 3. The number of rotatable bonds is 17. The molecule has 3 aliphatic rings. The van der Waals surface area contributed by atoms with Crippen LogP contribution in [0, 0.1) is 17.3 Å². The van der Waals surface area contributed by atoms with Crippen molar-refractivity contribution in [3.8, 4) is 0 Å². The number of hydrogen-bond donors (Lipinski definition) is 6. The van der Waals surface area contributed by atoms with Gasteiger partial charge in [-0.3, -0.25) is 14.6 Å². The van der Waals surface area contributed by atoms with E-state index >= 15 is 0 Å². The molecule has 1 saturated carbocycles. The molecule has 10 N–H and O–H groups in total. The number of allylic oxidation sites excluding steroid dienone is 1. The Balaban J connectivity index is 0.000000854. The number of fused-ring (bicyclic) bond motifs is 1. The average Bonchev–Trinajstić information content (AvgIpc) is 3.46. The molecule has 0 bridgehead atoms. The van der Waals surface area contributed by atoms with E-state index in [2.05, 4.69) is 10.3 Å². The van der Waals surface area contributed by atoms with Gasteiger partial charge in [0.25, 0.3) is 0 Å². The average molecular weight is 698 g/mol. The van der Waals surface area contributed by atoms with E-state index in [1.54, 1.807) is 6.92 Å². The van der Waals surface area contributed by atoms with Crippen molar-refractivity contribution in [2.75, 3.05) is 23.8 Å². The number of aliphatic hydroxyl groups excluding tert-OH is 1. The third-order valence-corrected chi connectivity index (χ3v) is 9.77. The fourth-order valence-electron chi connectivity index (χ4n) is 4.86. The van der Waals surface area contributed by atoms with Gasteiger partial charge in [-0.1, -0.05) is 19.9 Å². The molecule has 1 aliphatic carbocycles. The second kappa shape index (κ2) is 20.3. The van der Waals surface area contributed by atoms with Crippen LogP contribution in [-0.4, -0.2) is 104 Å². The first-order chi connectivity index (χ1) is 20.6. The largest absolute Gasteiger partial charge is 1.00 e. The van der Waals surface area contributed by atoms with Crippen LogP contribution < -0.4 is 51.4 Å². The molecule has 15 nitrogen and oxygen atoms in total. The summed E-state index contributed by atoms with van der Waals surface area (Å²) in [6.45, 7) is 6.01. The van der Waals surface area contributed by atoms with Crippen molar-refractivity contribution in [3.05, 3.63) is 22.4 Å². The van der Waals surface area contributed by atoms with Crippen LogP contribution in [0.5, 0.6) is 0 Å². The van der Waals surface area contributed by atoms with Gasteiger partial charge in [0.1, 0.15) is 11.4 Å². The number of nitrogens with zero attached hydrogens (tertiary/aromatic N) is 2. The standard InChI is InChI=1S/C16H26N2O5S.C12H17N3O4S.Na.H2O/c1-16(2)8-10(16)13(19)18-12(15(22)23)6-4-3-5-7-24-9-11(17)14(20)21;1-6(16)9-7-4-8(20-3-2-14-5-13)10(12(18)19)15(7)11(9)17;;/h6,10-11H,3-5,7-9,17H2,1-2H3,(H,18,19)(H,20,21)(H,22,23);5-7,9,16H,2-4H2,1H3,(H2,13,14)(H,18,19);;1H2/q;;+1;/p-1/b12-6-;;;/t10-,11+;6-,7-,9-;;/m11../s1. The second-order valence-corrected chi connectivity index (χ2v) is 13.7. The normalized spacial score (nSPS) is 22.3. The maximum atomic E-state index is 11.9. The van der Waals surface area contributed by atoms with Crippen molar-refractivity contribution in [1.29, 1.82) is 0 Å². The van der Waals surface area contributed by atoms with Crippen molar-refractivity contribution in [2.45, 2.75) is 71.1 Å². The number of nitrogens with two attached hydrogens (primary N) is 2. The summed E-state index contributed by atoms with van der Waals surface area (Å²) in [4.78, 5) is 62.7. The van der Waals surface area contributed by atoms with E-state index in [0.717, 1.165) is 25.0 Å². The van der Waals surface area contributed by atoms with Gasteiger partial charge >= 0.3 is 41.5 Å². The summed E-state index contributed by atoms with van der Waals surface area (Å²) < 4.78 is 0. The minimum Gasteiger partial charge on any atom is -0.548 e. The van der Waals surface area contributed by atoms with Gasteiger partial charge < -0.3 is 52.4 Å². The summed E-state index contributed by atoms with van der Waals surface area (Å²) >= 11 is 2.80. The first kappa shape index (κ1) is 43.9. The van der Waals surface area contributed by atoms with Gasteiger partial charge in [-0.15, -0.1) is 11.8 Å². The van der Waals surface area contributed by atoms with Crippen LogP contribution >= 0.6 is 23.5 Å². The fourth-order valence-corrected chi connectivity index (χ4v) is 6.87. The summed E-state index contributed by atoms with van der Waals surface area (Å²) in [5, 5.41) is 40.9. The Kier molecular flexibility index (Phi) is 19.4. The predicted octanol–water partition coefficient (Wildman–Crippen LogP) is -4.11. The van der Waals surface area contributed by atoms with E-state index in [1.165, 1.54) is 40.8 Å². The van der Waals surface area contributed by atoms with Crippen molar-refractivity contribution in [1.82, 2.24) is 10.2 Å². The Labute approximate surface area is 298 Å². The summed E-state index contributed by atoms with van der Waals surface area (Å²) in [5.74, 6) is -3.02. The Hall–Kier alpha value is -2.12. The SMILES string of the molecule is CC1(C)C[C@@H]1C(=O)N/C(=C\CCCCSC[C@H](N)C(=O)[O-])C(=O)O.C[C@@H](O)[C@H]1C(=O)N2C(C(=O)O)=C(SCCN=CN)C[C@H]12.O.[Na+]. The van der Waals surface area contributed by atoms with Crippen LogP contribution in [0.15, 0.2) is 27.4 Å². The minimum absolute atomic E-state index is 0. The quantitative estimate of drug-likeness (QED) is 0.0211. The number of carbonyl (C=O) groups is 5. The number of thioether (sulfide) groups is 2. The maximum absolute atomic E-state index is 11.9. The number of β-lactam (4-membered cyclic amide) rings is 1. The van der Waals surface area contributed by atoms with Crippen molar-refractivity contribution < 1.29 is 79.4 Å². The molecule has 46 heavy (non-hydrogen) atoms. The summed E-state index contributed by atoms with van der Waals surface area (Å²) in [6, 6.07) is -1.19. The Bertz CT molecular complexity index is 1200. The van der Waals surface area contributed by atoms with E-state index < -0.39 is 36.0 Å². The molecule has 2 fully saturated rings. The molecule has 3 rings (SSSR count). The molecule has 18 heteroatoms. The van der Waals surface area contributed by atoms with E-state index in [-0.39, 0.29) is 75.6 Å². The molecule has 0 aromatic carbocycles. The van der Waals surface area contributed by atoms with E-state index in [4.69, 9.17) is 16.6 Å². The zero-order chi connectivity index (χ0) is 33.2. The van der Waals surface area contributed by atoms with E-state index in [1.807, 2.05) is 13.8 Å². The number of aliphatic carboxylic acids is 3. The number of aliphatic hydroxyl groups is 1. The second-order valence-electron chi connectivity index (χ2n) is 11.4. The van der Waals surface area contributed by atoms with Crippen molar-refractivity contribution in [2.24, 2.45) is 33.7 Å². The molecule has 254 valence electrons. The number of carboxylic acid groups (broad SMARTS) is 3. The van der Waals surface area contributed by atoms with Crippen molar-refractivity contribution >= 4 is 59.6 Å². The summed E-state index contributed by atoms with van der Waals surface area (Å²) in [5.41, 5.74) is 10.4. The van der Waals surface area contributed by atoms with Gasteiger partial charge in [0.05, 0.1) is 43.0 Å². The van der Waals surface area contributed by atoms with Crippen LogP contribution in [0.4, 0.5) is 0 Å². The predicted molar refractivity (Wildman–Crippen MR) is 169 cm³/mol. The molecule has 1 saturated heterocycles. The van der Waals surface area contributed by atoms with Crippen LogP contribution in [-0.2, 0) is 24.0 Å². The molecular formula is C28H44N5NaO10S2. The van der Waals surface area contributed by atoms with Crippen LogP contribution in [0.3, 0.4) is 0 Å². The van der Waals surface area contributed by atoms with Crippen LogP contribution in [0.25, 0.3) is 0 Å². The van der Waals surface area contributed by atoms with Gasteiger partial charge in [0.15, 0.2) is 0 Å². The van der Waals surface area contributed by atoms with Crippen LogP contribution in [0.1, 0.15) is 52.9 Å². The zero-order valence-electron chi connectivity index (χ0n) is 26.6. The van der Waals surface area contributed by atoms with Gasteiger partial charge in [-0.05, 0) is 43.8 Å². The summed E-state index contributed by atoms with van der Waals surface area (Å²) in [6.07, 6.45) is 5.31. The molecule has 0 unspecified atom stereocenters. The number of unbranched alkanes of at least 4 members (excludes halogenated alkanes) is 2. The molecule has 0 aromatic rings. The van der Waals surface area contributed by atoms with Gasteiger partial charge in [-0.25, -0.2) is 9.59 Å². The molecule has 0 spiro atoms. The third kappa shape index (κ3) is 12.5. The Morgan fingerprint density at radius 1 is 1.22 bits per heavy atom. The number of carboxylic acids is 3. The first-order valence-corrected chi connectivity index (χ1v) is 16.4. The molecule has 5 atom stereocenters. The molecular weight excluding hydrogens is 653 g/mol. The van der Waals surface area contributed by atoms with Crippen LogP contribution in [0.2, 0.25) is 0 Å². The Morgan fingerprint density at radius 3 is 2.35 bits per heavy atom. The van der Waals surface area contributed by atoms with E-state index in [0.29, 0.717) is 35.8 Å². The molecule has 0 radical (unpaired) electrons.